The van der Waals surface area contributed by atoms with Gasteiger partial charge in [-0.1, -0.05) is 17.7 Å². The molecule has 7 nitrogen and oxygen atoms in total. The van der Waals surface area contributed by atoms with Crippen molar-refractivity contribution >= 4 is 23.4 Å². The van der Waals surface area contributed by atoms with E-state index in [1.54, 1.807) is 43.3 Å². The summed E-state index contributed by atoms with van der Waals surface area (Å²) in [4.78, 5) is 24.2. The summed E-state index contributed by atoms with van der Waals surface area (Å²) < 4.78 is 15.7. The Morgan fingerprint density at radius 2 is 1.73 bits per heavy atom. The second-order valence-electron chi connectivity index (χ2n) is 5.23. The van der Waals surface area contributed by atoms with E-state index in [-0.39, 0.29) is 0 Å². The first-order valence-corrected chi connectivity index (χ1v) is 8.07. The molecule has 0 spiro atoms. The van der Waals surface area contributed by atoms with Gasteiger partial charge < -0.3 is 14.2 Å². The van der Waals surface area contributed by atoms with E-state index in [1.165, 1.54) is 20.3 Å². The Morgan fingerprint density at radius 1 is 1.00 bits per heavy atom. The number of hydrogen-bond donors (Lipinski definition) is 2. The zero-order chi connectivity index (χ0) is 19.1. The van der Waals surface area contributed by atoms with E-state index in [2.05, 4.69) is 10.9 Å². The Hall–Kier alpha value is -2.93. The van der Waals surface area contributed by atoms with Crippen LogP contribution in [-0.2, 0) is 4.79 Å². The number of rotatable bonds is 6. The summed E-state index contributed by atoms with van der Waals surface area (Å²) in [6.07, 6.45) is -0.834. The Labute approximate surface area is 156 Å². The minimum Gasteiger partial charge on any atom is -0.493 e. The Balaban J connectivity index is 1.92. The van der Waals surface area contributed by atoms with Crippen molar-refractivity contribution in [1.29, 1.82) is 0 Å². The molecule has 0 radical (unpaired) electrons. The number of methoxy groups -OCH3 is 2. The van der Waals surface area contributed by atoms with Crippen LogP contribution in [0.25, 0.3) is 0 Å². The highest BCUT2D eigenvalue weighted by atomic mass is 35.5. The molecule has 26 heavy (non-hydrogen) atoms. The zero-order valence-corrected chi connectivity index (χ0v) is 15.3. The molecule has 0 saturated heterocycles. The molecule has 0 heterocycles. The van der Waals surface area contributed by atoms with Gasteiger partial charge in [0.15, 0.2) is 17.6 Å². The summed E-state index contributed by atoms with van der Waals surface area (Å²) in [7, 11) is 2.97. The lowest BCUT2D eigenvalue weighted by atomic mass is 10.2. The molecule has 0 saturated carbocycles. The maximum absolute atomic E-state index is 12.2. The van der Waals surface area contributed by atoms with E-state index < -0.39 is 17.9 Å². The molecule has 0 bridgehead atoms. The number of ether oxygens (including phenoxy) is 3. The van der Waals surface area contributed by atoms with Gasteiger partial charge in [0, 0.05) is 10.6 Å². The largest absolute Gasteiger partial charge is 0.493 e. The monoisotopic (exact) mass is 378 g/mol. The third kappa shape index (κ3) is 5.03. The number of halogens is 1. The summed E-state index contributed by atoms with van der Waals surface area (Å²) in [6, 6.07) is 11.3. The molecule has 0 fully saturated rings. The average molecular weight is 379 g/mol. The number of hydrazine groups is 1. The number of nitrogens with one attached hydrogen (secondary N) is 2. The van der Waals surface area contributed by atoms with Crippen molar-refractivity contribution in [3.05, 3.63) is 53.1 Å². The van der Waals surface area contributed by atoms with Gasteiger partial charge in [0.2, 0.25) is 0 Å². The third-order valence-electron chi connectivity index (χ3n) is 3.42. The van der Waals surface area contributed by atoms with E-state index >= 15 is 0 Å². The fourth-order valence-corrected chi connectivity index (χ4v) is 2.25. The second kappa shape index (κ2) is 8.96. The van der Waals surface area contributed by atoms with Crippen molar-refractivity contribution in [1.82, 2.24) is 10.9 Å². The average Bonchev–Trinajstić information content (AvgIpc) is 2.65. The highest BCUT2D eigenvalue weighted by Crippen LogP contribution is 2.27. The van der Waals surface area contributed by atoms with Gasteiger partial charge in [0.1, 0.15) is 5.75 Å². The molecule has 2 rings (SSSR count). The first kappa shape index (κ1) is 19.4. The molecule has 0 aliphatic rings. The lowest BCUT2D eigenvalue weighted by Crippen LogP contribution is -2.47. The van der Waals surface area contributed by atoms with Gasteiger partial charge in [-0.2, -0.15) is 0 Å². The molecular formula is C18H19ClN2O5. The molecule has 8 heteroatoms. The quantitative estimate of drug-likeness (QED) is 0.754. The van der Waals surface area contributed by atoms with Gasteiger partial charge in [0.05, 0.1) is 14.2 Å². The van der Waals surface area contributed by atoms with E-state index in [0.29, 0.717) is 27.8 Å². The lowest BCUT2D eigenvalue weighted by molar-refractivity contribution is -0.128. The fraction of sp³-hybridized carbons (Fsp3) is 0.222. The van der Waals surface area contributed by atoms with Crippen LogP contribution >= 0.6 is 11.6 Å². The molecule has 2 aromatic carbocycles. The van der Waals surface area contributed by atoms with Gasteiger partial charge in [0.25, 0.3) is 11.8 Å². The van der Waals surface area contributed by atoms with Crippen molar-refractivity contribution in [2.45, 2.75) is 13.0 Å². The first-order chi connectivity index (χ1) is 12.4. The van der Waals surface area contributed by atoms with Crippen LogP contribution in [0, 0.1) is 0 Å². The molecule has 0 aliphatic heterocycles. The van der Waals surface area contributed by atoms with Gasteiger partial charge in [-0.25, -0.2) is 0 Å². The van der Waals surface area contributed by atoms with Gasteiger partial charge in [-0.3, -0.25) is 20.4 Å². The normalized spacial score (nSPS) is 11.2. The van der Waals surface area contributed by atoms with Crippen LogP contribution in [0.1, 0.15) is 17.3 Å². The molecule has 0 aliphatic carbocycles. The molecule has 1 unspecified atom stereocenters. The van der Waals surface area contributed by atoms with Crippen molar-refractivity contribution in [2.75, 3.05) is 14.2 Å². The zero-order valence-electron chi connectivity index (χ0n) is 14.5. The number of hydrogen-bond acceptors (Lipinski definition) is 5. The van der Waals surface area contributed by atoms with E-state index in [4.69, 9.17) is 25.8 Å². The van der Waals surface area contributed by atoms with Crippen molar-refractivity contribution in [3.63, 3.8) is 0 Å². The van der Waals surface area contributed by atoms with Gasteiger partial charge in [-0.15, -0.1) is 0 Å². The van der Waals surface area contributed by atoms with Crippen LogP contribution < -0.4 is 25.1 Å². The van der Waals surface area contributed by atoms with Crippen LogP contribution in [0.4, 0.5) is 0 Å². The number of carbonyl (C=O) groups is 2. The topological polar surface area (TPSA) is 85.9 Å². The number of amides is 2. The fourth-order valence-electron chi connectivity index (χ4n) is 2.07. The van der Waals surface area contributed by atoms with Gasteiger partial charge in [-0.05, 0) is 43.3 Å². The summed E-state index contributed by atoms with van der Waals surface area (Å²) in [5, 5.41) is 0.497. The highest BCUT2D eigenvalue weighted by Gasteiger charge is 2.17. The predicted molar refractivity (Wildman–Crippen MR) is 96.7 cm³/mol. The smallest absolute Gasteiger partial charge is 0.279 e. The summed E-state index contributed by atoms with van der Waals surface area (Å²) in [5.41, 5.74) is 4.94. The minimum absolute atomic E-state index is 0.298. The van der Waals surface area contributed by atoms with Crippen LogP contribution in [0.5, 0.6) is 17.2 Å². The third-order valence-corrected chi connectivity index (χ3v) is 3.66. The van der Waals surface area contributed by atoms with Crippen LogP contribution in [0.3, 0.4) is 0 Å². The molecule has 1 atom stereocenters. The molecule has 2 amide bonds. The molecule has 138 valence electrons. The number of benzene rings is 2. The van der Waals surface area contributed by atoms with Crippen LogP contribution in [0.2, 0.25) is 5.02 Å². The SMILES string of the molecule is COc1ccc(C(=O)NNC(=O)C(C)Oc2cccc(Cl)c2)cc1OC. The second-order valence-corrected chi connectivity index (χ2v) is 5.67. The highest BCUT2D eigenvalue weighted by molar-refractivity contribution is 6.30. The molecular weight excluding hydrogens is 360 g/mol. The van der Waals surface area contributed by atoms with Crippen molar-refractivity contribution < 1.29 is 23.8 Å². The van der Waals surface area contributed by atoms with Crippen molar-refractivity contribution in [2.24, 2.45) is 0 Å². The standard InChI is InChI=1S/C18H19ClN2O5/c1-11(26-14-6-4-5-13(19)10-14)17(22)20-21-18(23)12-7-8-15(24-2)16(9-12)25-3/h4-11H,1-3H3,(H,20,22)(H,21,23). The molecule has 2 N–H and O–H groups in total. The van der Waals surface area contributed by atoms with E-state index in [0.717, 1.165) is 0 Å². The van der Waals surface area contributed by atoms with E-state index in [9.17, 15) is 9.59 Å². The summed E-state index contributed by atoms with van der Waals surface area (Å²) in [5.74, 6) is 0.334. The molecule has 0 aromatic heterocycles. The Morgan fingerprint density at radius 3 is 2.38 bits per heavy atom. The van der Waals surface area contributed by atoms with Crippen LogP contribution in [-0.4, -0.2) is 32.1 Å². The lowest BCUT2D eigenvalue weighted by Gasteiger charge is -2.15. The Bertz CT molecular complexity index is 797. The van der Waals surface area contributed by atoms with Gasteiger partial charge >= 0.3 is 0 Å². The Kier molecular flexibility index (Phi) is 6.68. The maximum Gasteiger partial charge on any atom is 0.279 e. The number of carbonyl (C=O) groups excluding carboxylic acids is 2. The van der Waals surface area contributed by atoms with E-state index in [1.807, 2.05) is 0 Å². The predicted octanol–water partition coefficient (Wildman–Crippen LogP) is 2.59. The molecule has 2 aromatic rings. The van der Waals surface area contributed by atoms with Crippen LogP contribution in [0.15, 0.2) is 42.5 Å². The maximum atomic E-state index is 12.2. The van der Waals surface area contributed by atoms with Crippen molar-refractivity contribution in [3.8, 4) is 17.2 Å². The summed E-state index contributed by atoms with van der Waals surface area (Å²) in [6.45, 7) is 1.55. The first-order valence-electron chi connectivity index (χ1n) is 7.69. The minimum atomic E-state index is -0.834. The summed E-state index contributed by atoms with van der Waals surface area (Å²) >= 11 is 5.87.